The van der Waals surface area contributed by atoms with Crippen molar-refractivity contribution in [2.75, 3.05) is 26.0 Å². The number of sulfone groups is 1. The van der Waals surface area contributed by atoms with E-state index in [1.807, 2.05) is 29.2 Å². The number of hydrogen-bond acceptors (Lipinski definition) is 5. The fourth-order valence-corrected chi connectivity index (χ4v) is 5.27. The van der Waals surface area contributed by atoms with Gasteiger partial charge in [0.05, 0.1) is 17.9 Å². The SMILES string of the molecule is CS(=O)(=O)c1cc(Cl)ccc1-c1ccc(C2CN(C(=O)CC[C@@H]3COC(=O)C3)C2)cc1. The van der Waals surface area contributed by atoms with E-state index >= 15 is 0 Å². The first kappa shape index (κ1) is 21.8. The topological polar surface area (TPSA) is 80.8 Å². The van der Waals surface area contributed by atoms with Crippen LogP contribution in [0.25, 0.3) is 11.1 Å². The van der Waals surface area contributed by atoms with E-state index in [9.17, 15) is 18.0 Å². The Morgan fingerprint density at radius 1 is 1.16 bits per heavy atom. The van der Waals surface area contributed by atoms with Crippen LogP contribution in [-0.2, 0) is 24.2 Å². The zero-order chi connectivity index (χ0) is 22.2. The van der Waals surface area contributed by atoms with Crippen molar-refractivity contribution in [3.63, 3.8) is 0 Å². The Morgan fingerprint density at radius 3 is 2.48 bits per heavy atom. The van der Waals surface area contributed by atoms with Gasteiger partial charge < -0.3 is 9.64 Å². The van der Waals surface area contributed by atoms with Crippen LogP contribution in [-0.4, -0.2) is 51.1 Å². The monoisotopic (exact) mass is 461 g/mol. The maximum atomic E-state index is 12.4. The third-order valence-electron chi connectivity index (χ3n) is 5.97. The van der Waals surface area contributed by atoms with Gasteiger partial charge in [0.2, 0.25) is 5.91 Å². The van der Waals surface area contributed by atoms with Crippen LogP contribution >= 0.6 is 11.6 Å². The molecule has 1 atom stereocenters. The second kappa shape index (κ2) is 8.63. The number of halogens is 1. The molecule has 0 aromatic heterocycles. The van der Waals surface area contributed by atoms with Crippen molar-refractivity contribution in [1.29, 1.82) is 0 Å². The molecule has 0 bridgehead atoms. The van der Waals surface area contributed by atoms with E-state index in [0.29, 0.717) is 49.5 Å². The van der Waals surface area contributed by atoms with Crippen LogP contribution in [0, 0.1) is 5.92 Å². The molecule has 0 unspecified atom stereocenters. The summed E-state index contributed by atoms with van der Waals surface area (Å²) in [4.78, 5) is 25.6. The van der Waals surface area contributed by atoms with Gasteiger partial charge in [-0.25, -0.2) is 8.42 Å². The van der Waals surface area contributed by atoms with Crippen molar-refractivity contribution in [1.82, 2.24) is 4.90 Å². The lowest BCUT2D eigenvalue weighted by atomic mass is 9.89. The summed E-state index contributed by atoms with van der Waals surface area (Å²) >= 11 is 5.99. The molecule has 2 aromatic rings. The number of carbonyl (C=O) groups is 2. The molecule has 2 saturated heterocycles. The van der Waals surface area contributed by atoms with Gasteiger partial charge in [0.25, 0.3) is 0 Å². The number of rotatable bonds is 6. The van der Waals surface area contributed by atoms with Gasteiger partial charge in [0.1, 0.15) is 0 Å². The molecule has 0 saturated carbocycles. The zero-order valence-electron chi connectivity index (χ0n) is 17.2. The average molecular weight is 462 g/mol. The number of benzene rings is 2. The van der Waals surface area contributed by atoms with Gasteiger partial charge in [-0.05, 0) is 29.7 Å². The van der Waals surface area contributed by atoms with Gasteiger partial charge in [-0.2, -0.15) is 0 Å². The van der Waals surface area contributed by atoms with E-state index in [4.69, 9.17) is 16.3 Å². The molecule has 2 aliphatic heterocycles. The Kier molecular flexibility index (Phi) is 6.08. The van der Waals surface area contributed by atoms with Crippen molar-refractivity contribution < 1.29 is 22.7 Å². The highest BCUT2D eigenvalue weighted by Crippen LogP contribution is 2.33. The summed E-state index contributed by atoms with van der Waals surface area (Å²) in [6, 6.07) is 12.7. The molecule has 31 heavy (non-hydrogen) atoms. The van der Waals surface area contributed by atoms with Crippen molar-refractivity contribution >= 4 is 33.3 Å². The van der Waals surface area contributed by atoms with Crippen molar-refractivity contribution in [3.05, 3.63) is 53.1 Å². The maximum Gasteiger partial charge on any atom is 0.306 e. The van der Waals surface area contributed by atoms with E-state index in [1.165, 1.54) is 12.3 Å². The Labute approximate surface area is 187 Å². The predicted molar refractivity (Wildman–Crippen MR) is 118 cm³/mol. The maximum absolute atomic E-state index is 12.4. The summed E-state index contributed by atoms with van der Waals surface area (Å²) in [5.41, 5.74) is 2.55. The molecule has 2 aromatic carbocycles. The molecular weight excluding hydrogens is 438 g/mol. The van der Waals surface area contributed by atoms with Gasteiger partial charge in [-0.15, -0.1) is 0 Å². The van der Waals surface area contributed by atoms with E-state index in [-0.39, 0.29) is 28.6 Å². The molecule has 0 radical (unpaired) electrons. The quantitative estimate of drug-likeness (QED) is 0.613. The van der Waals surface area contributed by atoms with Crippen LogP contribution in [0.2, 0.25) is 5.02 Å². The number of esters is 1. The Bertz CT molecular complexity index is 1110. The number of amides is 1. The summed E-state index contributed by atoms with van der Waals surface area (Å²) in [6.07, 6.45) is 2.72. The fourth-order valence-electron chi connectivity index (χ4n) is 4.10. The Morgan fingerprint density at radius 2 is 1.87 bits per heavy atom. The molecule has 0 spiro atoms. The number of nitrogens with zero attached hydrogens (tertiary/aromatic N) is 1. The Balaban J connectivity index is 1.36. The van der Waals surface area contributed by atoms with E-state index in [2.05, 4.69) is 0 Å². The zero-order valence-corrected chi connectivity index (χ0v) is 18.8. The smallest absolute Gasteiger partial charge is 0.306 e. The van der Waals surface area contributed by atoms with Crippen molar-refractivity contribution in [2.24, 2.45) is 5.92 Å². The first-order valence-corrected chi connectivity index (χ1v) is 12.5. The van der Waals surface area contributed by atoms with Gasteiger partial charge in [0.15, 0.2) is 9.84 Å². The fraction of sp³-hybridized carbons (Fsp3) is 0.391. The summed E-state index contributed by atoms with van der Waals surface area (Å²) < 4.78 is 29.2. The lowest BCUT2D eigenvalue weighted by Crippen LogP contribution is -2.48. The second-order valence-electron chi connectivity index (χ2n) is 8.32. The van der Waals surface area contributed by atoms with Gasteiger partial charge in [-0.1, -0.05) is 41.9 Å². The lowest BCUT2D eigenvalue weighted by molar-refractivity contribution is -0.138. The lowest BCUT2D eigenvalue weighted by Gasteiger charge is -2.40. The van der Waals surface area contributed by atoms with Crippen LogP contribution in [0.3, 0.4) is 0 Å². The van der Waals surface area contributed by atoms with Crippen LogP contribution in [0.4, 0.5) is 0 Å². The molecule has 0 N–H and O–H groups in total. The highest BCUT2D eigenvalue weighted by Gasteiger charge is 2.32. The second-order valence-corrected chi connectivity index (χ2v) is 10.7. The summed E-state index contributed by atoms with van der Waals surface area (Å²) in [5.74, 6) is 0.373. The highest BCUT2D eigenvalue weighted by atomic mass is 35.5. The number of cyclic esters (lactones) is 1. The summed E-state index contributed by atoms with van der Waals surface area (Å²) in [6.45, 7) is 1.78. The summed E-state index contributed by atoms with van der Waals surface area (Å²) in [7, 11) is -3.41. The van der Waals surface area contributed by atoms with Crippen LogP contribution in [0.15, 0.2) is 47.4 Å². The molecule has 8 heteroatoms. The largest absolute Gasteiger partial charge is 0.465 e. The van der Waals surface area contributed by atoms with E-state index < -0.39 is 9.84 Å². The van der Waals surface area contributed by atoms with Crippen molar-refractivity contribution in [3.8, 4) is 11.1 Å². The molecule has 2 aliphatic rings. The number of carbonyl (C=O) groups excluding carboxylic acids is 2. The third-order valence-corrected chi connectivity index (χ3v) is 7.34. The average Bonchev–Trinajstić information content (AvgIpc) is 3.10. The first-order chi connectivity index (χ1) is 14.7. The first-order valence-electron chi connectivity index (χ1n) is 10.2. The van der Waals surface area contributed by atoms with Crippen LogP contribution < -0.4 is 0 Å². The van der Waals surface area contributed by atoms with Crippen LogP contribution in [0.5, 0.6) is 0 Å². The van der Waals surface area contributed by atoms with E-state index in [0.717, 1.165) is 11.1 Å². The minimum Gasteiger partial charge on any atom is -0.465 e. The number of likely N-dealkylation sites (tertiary alicyclic amines) is 1. The molecule has 2 fully saturated rings. The molecular formula is C23H24ClNO5S. The number of ether oxygens (including phenoxy) is 1. The van der Waals surface area contributed by atoms with Gasteiger partial charge >= 0.3 is 5.97 Å². The molecule has 6 nitrogen and oxygen atoms in total. The van der Waals surface area contributed by atoms with Crippen molar-refractivity contribution in [2.45, 2.75) is 30.1 Å². The Hall–Kier alpha value is -2.38. The molecule has 1 amide bonds. The van der Waals surface area contributed by atoms with E-state index in [1.54, 1.807) is 12.1 Å². The summed E-state index contributed by atoms with van der Waals surface area (Å²) in [5, 5.41) is 0.382. The third kappa shape index (κ3) is 4.93. The standard InChI is InChI=1S/C23H24ClNO5S/c1-31(28,29)21-11-19(24)7-8-20(21)17-5-3-16(4-6-17)18-12-25(13-18)22(26)9-2-15-10-23(27)30-14-15/h3-8,11,15,18H,2,9-10,12-14H2,1H3/t15-/m0/s1. The van der Waals surface area contributed by atoms with Gasteiger partial charge in [-0.3, -0.25) is 9.59 Å². The minimum atomic E-state index is -3.41. The molecule has 0 aliphatic carbocycles. The predicted octanol–water partition coefficient (Wildman–Crippen LogP) is 3.68. The normalized spacial score (nSPS) is 19.2. The molecule has 4 rings (SSSR count). The molecule has 164 valence electrons. The number of hydrogen-bond donors (Lipinski definition) is 0. The van der Waals surface area contributed by atoms with Gasteiger partial charge in [0, 0.05) is 48.2 Å². The highest BCUT2D eigenvalue weighted by molar-refractivity contribution is 7.90. The minimum absolute atomic E-state index is 0.117. The van der Waals surface area contributed by atoms with Crippen LogP contribution in [0.1, 0.15) is 30.7 Å². The molecule has 2 heterocycles.